The molecule has 0 aromatic heterocycles. The molecule has 0 fully saturated rings. The van der Waals surface area contributed by atoms with Crippen LogP contribution in [0.15, 0.2) is 53.0 Å². The second-order valence-corrected chi connectivity index (χ2v) is 5.83. The summed E-state index contributed by atoms with van der Waals surface area (Å²) in [6, 6.07) is 14.2. The van der Waals surface area contributed by atoms with Crippen LogP contribution >= 0.6 is 15.9 Å². The van der Waals surface area contributed by atoms with E-state index >= 15 is 0 Å². The van der Waals surface area contributed by atoms with Crippen molar-refractivity contribution in [2.24, 2.45) is 0 Å². The van der Waals surface area contributed by atoms with Crippen molar-refractivity contribution in [2.75, 3.05) is 0 Å². The second kappa shape index (κ2) is 7.78. The van der Waals surface area contributed by atoms with Gasteiger partial charge >= 0.3 is 0 Å². The van der Waals surface area contributed by atoms with Crippen LogP contribution in [0.4, 0.5) is 0 Å². The van der Waals surface area contributed by atoms with E-state index in [1.54, 1.807) is 31.2 Å². The molecule has 6 heteroatoms. The Morgan fingerprint density at radius 2 is 1.78 bits per heavy atom. The Kier molecular flexibility index (Phi) is 5.76. The summed E-state index contributed by atoms with van der Waals surface area (Å²) in [5.41, 5.74) is 6.20. The molecule has 1 atom stereocenters. The lowest BCUT2D eigenvalue weighted by Crippen LogP contribution is -2.47. The number of hydrogen-bond donors (Lipinski definition) is 2. The fraction of sp³-hybridized carbons (Fsp3) is 0.176. The van der Waals surface area contributed by atoms with Gasteiger partial charge in [-0.2, -0.15) is 0 Å². The minimum absolute atomic E-state index is 0.397. The van der Waals surface area contributed by atoms with Crippen LogP contribution in [-0.2, 0) is 4.79 Å². The predicted molar refractivity (Wildman–Crippen MR) is 91.0 cm³/mol. The fourth-order valence-electron chi connectivity index (χ4n) is 1.78. The third-order valence-electron chi connectivity index (χ3n) is 3.16. The van der Waals surface area contributed by atoms with Gasteiger partial charge in [-0.25, -0.2) is 0 Å². The van der Waals surface area contributed by atoms with Gasteiger partial charge in [-0.15, -0.1) is 0 Å². The molecular weight excluding hydrogens is 360 g/mol. The molecule has 1 unspecified atom stereocenters. The minimum Gasteiger partial charge on any atom is -0.481 e. The Balaban J connectivity index is 1.88. The maximum Gasteiger partial charge on any atom is 0.279 e. The van der Waals surface area contributed by atoms with Crippen LogP contribution < -0.4 is 15.6 Å². The van der Waals surface area contributed by atoms with Crippen LogP contribution in [-0.4, -0.2) is 17.9 Å². The zero-order valence-corrected chi connectivity index (χ0v) is 14.4. The number of hydrogen-bond acceptors (Lipinski definition) is 3. The molecule has 2 aromatic rings. The van der Waals surface area contributed by atoms with Crippen molar-refractivity contribution in [3.05, 3.63) is 64.1 Å². The first kappa shape index (κ1) is 17.0. The summed E-state index contributed by atoms with van der Waals surface area (Å²) >= 11 is 3.37. The van der Waals surface area contributed by atoms with Crippen LogP contribution in [0, 0.1) is 6.92 Å². The lowest BCUT2D eigenvalue weighted by molar-refractivity contribution is -0.128. The Labute approximate surface area is 143 Å². The third kappa shape index (κ3) is 4.82. The zero-order chi connectivity index (χ0) is 16.8. The van der Waals surface area contributed by atoms with E-state index in [-0.39, 0.29) is 0 Å². The van der Waals surface area contributed by atoms with Crippen molar-refractivity contribution in [3.63, 3.8) is 0 Å². The number of amides is 2. The van der Waals surface area contributed by atoms with Gasteiger partial charge in [0.2, 0.25) is 0 Å². The third-order valence-corrected chi connectivity index (χ3v) is 4.01. The molecule has 2 rings (SSSR count). The summed E-state index contributed by atoms with van der Waals surface area (Å²) in [5.74, 6) is -0.247. The van der Waals surface area contributed by atoms with Crippen LogP contribution in [0.5, 0.6) is 5.75 Å². The van der Waals surface area contributed by atoms with Crippen molar-refractivity contribution in [1.29, 1.82) is 0 Å². The molecule has 0 aliphatic rings. The van der Waals surface area contributed by atoms with E-state index in [9.17, 15) is 9.59 Å². The lowest BCUT2D eigenvalue weighted by atomic mass is 10.1. The van der Waals surface area contributed by atoms with E-state index in [2.05, 4.69) is 26.8 Å². The molecule has 120 valence electrons. The number of hydrazine groups is 1. The summed E-state index contributed by atoms with van der Waals surface area (Å²) in [6.07, 6.45) is -0.734. The van der Waals surface area contributed by atoms with Gasteiger partial charge in [0.15, 0.2) is 6.10 Å². The van der Waals surface area contributed by atoms with Crippen molar-refractivity contribution < 1.29 is 14.3 Å². The number of ether oxygens (including phenoxy) is 1. The molecule has 2 N–H and O–H groups in total. The van der Waals surface area contributed by atoms with Crippen molar-refractivity contribution in [1.82, 2.24) is 10.9 Å². The largest absolute Gasteiger partial charge is 0.481 e. The minimum atomic E-state index is -0.734. The summed E-state index contributed by atoms with van der Waals surface area (Å²) in [7, 11) is 0. The van der Waals surface area contributed by atoms with Crippen molar-refractivity contribution in [3.8, 4) is 5.75 Å². The molecule has 0 spiro atoms. The number of carbonyl (C=O) groups excluding carboxylic acids is 2. The van der Waals surface area contributed by atoms with Crippen LogP contribution in [0.1, 0.15) is 22.8 Å². The molecule has 0 aliphatic carbocycles. The SMILES string of the molecule is Cc1ccc(C(=O)NNC(=O)C(C)Oc2ccccc2)cc1Br. The summed E-state index contributed by atoms with van der Waals surface area (Å²) in [5, 5.41) is 0. The number of para-hydroxylation sites is 1. The lowest BCUT2D eigenvalue weighted by Gasteiger charge is -2.15. The van der Waals surface area contributed by atoms with E-state index in [1.165, 1.54) is 0 Å². The quantitative estimate of drug-likeness (QED) is 0.806. The molecule has 2 amide bonds. The Hall–Kier alpha value is -2.34. The summed E-state index contributed by atoms with van der Waals surface area (Å²) in [6.45, 7) is 3.53. The monoisotopic (exact) mass is 376 g/mol. The summed E-state index contributed by atoms with van der Waals surface area (Å²) < 4.78 is 6.31. The molecule has 0 heterocycles. The number of aryl methyl sites for hydroxylation is 1. The highest BCUT2D eigenvalue weighted by Gasteiger charge is 2.16. The molecule has 0 bridgehead atoms. The molecule has 0 saturated carbocycles. The average Bonchev–Trinajstić information content (AvgIpc) is 2.55. The van der Waals surface area contributed by atoms with Gasteiger partial charge in [-0.1, -0.05) is 40.2 Å². The Morgan fingerprint density at radius 3 is 2.43 bits per heavy atom. The fourth-order valence-corrected chi connectivity index (χ4v) is 2.16. The Morgan fingerprint density at radius 1 is 1.09 bits per heavy atom. The van der Waals surface area contributed by atoms with E-state index in [0.717, 1.165) is 10.0 Å². The molecular formula is C17H17BrN2O3. The van der Waals surface area contributed by atoms with Gasteiger partial charge < -0.3 is 4.74 Å². The Bertz CT molecular complexity index is 704. The standard InChI is InChI=1S/C17H17BrN2O3/c1-11-8-9-13(10-15(11)18)17(22)20-19-16(21)12(2)23-14-6-4-3-5-7-14/h3-10,12H,1-2H3,(H,19,21)(H,20,22). The number of nitrogens with one attached hydrogen (secondary N) is 2. The van der Waals surface area contributed by atoms with Crippen molar-refractivity contribution >= 4 is 27.7 Å². The van der Waals surface area contributed by atoms with Gasteiger partial charge in [-0.05, 0) is 43.7 Å². The first-order valence-electron chi connectivity index (χ1n) is 7.05. The smallest absolute Gasteiger partial charge is 0.279 e. The second-order valence-electron chi connectivity index (χ2n) is 4.98. The first-order valence-corrected chi connectivity index (χ1v) is 7.84. The predicted octanol–water partition coefficient (Wildman–Crippen LogP) is 2.99. The molecule has 0 aliphatic heterocycles. The maximum absolute atomic E-state index is 12.0. The van der Waals surface area contributed by atoms with E-state index < -0.39 is 17.9 Å². The average molecular weight is 377 g/mol. The summed E-state index contributed by atoms with van der Waals surface area (Å²) in [4.78, 5) is 24.0. The van der Waals surface area contributed by atoms with Gasteiger partial charge in [0, 0.05) is 10.0 Å². The molecule has 2 aromatic carbocycles. The van der Waals surface area contributed by atoms with Crippen LogP contribution in [0.25, 0.3) is 0 Å². The van der Waals surface area contributed by atoms with E-state index in [4.69, 9.17) is 4.74 Å². The van der Waals surface area contributed by atoms with Crippen molar-refractivity contribution in [2.45, 2.75) is 20.0 Å². The highest BCUT2D eigenvalue weighted by atomic mass is 79.9. The van der Waals surface area contributed by atoms with Gasteiger partial charge in [0.25, 0.3) is 11.8 Å². The van der Waals surface area contributed by atoms with Crippen LogP contribution in [0.2, 0.25) is 0 Å². The van der Waals surface area contributed by atoms with Gasteiger partial charge in [-0.3, -0.25) is 20.4 Å². The first-order chi connectivity index (χ1) is 11.0. The molecule has 0 saturated heterocycles. The van der Waals surface area contributed by atoms with E-state index in [0.29, 0.717) is 11.3 Å². The number of rotatable bonds is 4. The molecule has 0 radical (unpaired) electrons. The van der Waals surface area contributed by atoms with Crippen LogP contribution in [0.3, 0.4) is 0 Å². The number of benzene rings is 2. The highest BCUT2D eigenvalue weighted by Crippen LogP contribution is 2.17. The van der Waals surface area contributed by atoms with Gasteiger partial charge in [0.05, 0.1) is 0 Å². The zero-order valence-electron chi connectivity index (χ0n) is 12.8. The number of carbonyl (C=O) groups is 2. The molecule has 5 nitrogen and oxygen atoms in total. The molecule has 23 heavy (non-hydrogen) atoms. The normalized spacial score (nSPS) is 11.4. The van der Waals surface area contributed by atoms with E-state index in [1.807, 2.05) is 31.2 Å². The topological polar surface area (TPSA) is 67.4 Å². The highest BCUT2D eigenvalue weighted by molar-refractivity contribution is 9.10. The maximum atomic E-state index is 12.0. The number of halogens is 1. The van der Waals surface area contributed by atoms with Gasteiger partial charge in [0.1, 0.15) is 5.75 Å².